The summed E-state index contributed by atoms with van der Waals surface area (Å²) in [6, 6.07) is 6.04. The summed E-state index contributed by atoms with van der Waals surface area (Å²) in [5.74, 6) is 0. The molecule has 98 valence electrons. The molecular formula is C11H6F3N3O2. The molecule has 0 amide bonds. The van der Waals surface area contributed by atoms with Gasteiger partial charge in [0.05, 0.1) is 11.0 Å². The SMILES string of the molecule is N#C/C=C(\N=Cc1ccc([N+](=O)[O-])cc1)C(F)(F)F. The zero-order valence-electron chi connectivity index (χ0n) is 9.26. The van der Waals surface area contributed by atoms with E-state index in [0.717, 1.165) is 18.3 Å². The van der Waals surface area contributed by atoms with Crippen LogP contribution in [0.4, 0.5) is 18.9 Å². The summed E-state index contributed by atoms with van der Waals surface area (Å²) in [4.78, 5) is 12.9. The molecule has 1 rings (SSSR count). The van der Waals surface area contributed by atoms with Gasteiger partial charge in [-0.25, -0.2) is 0 Å². The summed E-state index contributed by atoms with van der Waals surface area (Å²) >= 11 is 0. The molecule has 0 unspecified atom stereocenters. The number of nitrogens with zero attached hydrogens (tertiary/aromatic N) is 3. The molecule has 8 heteroatoms. The van der Waals surface area contributed by atoms with E-state index in [9.17, 15) is 23.3 Å². The molecular weight excluding hydrogens is 263 g/mol. The van der Waals surface area contributed by atoms with Crippen LogP contribution in [0.15, 0.2) is 41.0 Å². The minimum atomic E-state index is -4.73. The maximum Gasteiger partial charge on any atom is 0.434 e. The normalized spacial score (nSPS) is 12.4. The van der Waals surface area contributed by atoms with Gasteiger partial charge in [-0.1, -0.05) is 0 Å². The minimum Gasteiger partial charge on any atom is -0.258 e. The van der Waals surface area contributed by atoms with E-state index < -0.39 is 16.8 Å². The van der Waals surface area contributed by atoms with Crippen molar-refractivity contribution < 1.29 is 18.1 Å². The highest BCUT2D eigenvalue weighted by molar-refractivity contribution is 5.80. The topological polar surface area (TPSA) is 79.3 Å². The largest absolute Gasteiger partial charge is 0.434 e. The summed E-state index contributed by atoms with van der Waals surface area (Å²) in [5, 5.41) is 18.6. The predicted molar refractivity (Wildman–Crippen MR) is 60.4 cm³/mol. The highest BCUT2D eigenvalue weighted by Gasteiger charge is 2.33. The molecule has 1 aromatic rings. The average Bonchev–Trinajstić information content (AvgIpc) is 2.33. The number of non-ortho nitro benzene ring substituents is 1. The van der Waals surface area contributed by atoms with Gasteiger partial charge in [0.2, 0.25) is 0 Å². The predicted octanol–water partition coefficient (Wildman–Crippen LogP) is 2.98. The summed E-state index contributed by atoms with van der Waals surface area (Å²) in [7, 11) is 0. The quantitative estimate of drug-likeness (QED) is 0.366. The monoisotopic (exact) mass is 269 g/mol. The Kier molecular flexibility index (Phi) is 4.36. The lowest BCUT2D eigenvalue weighted by atomic mass is 10.2. The number of alkyl halides is 3. The van der Waals surface area contributed by atoms with E-state index in [-0.39, 0.29) is 17.3 Å². The molecule has 0 aromatic heterocycles. The standard InChI is InChI=1S/C11H6F3N3O2/c12-11(13,14)10(5-6-15)16-7-8-1-3-9(4-2-8)17(18)19/h1-5,7H/b10-5-,16-7?. The molecule has 19 heavy (non-hydrogen) atoms. The zero-order valence-corrected chi connectivity index (χ0v) is 9.26. The smallest absolute Gasteiger partial charge is 0.258 e. The Morgan fingerprint density at radius 2 is 1.95 bits per heavy atom. The first-order chi connectivity index (χ1) is 8.84. The van der Waals surface area contributed by atoms with Gasteiger partial charge in [0, 0.05) is 24.4 Å². The van der Waals surface area contributed by atoms with Crippen LogP contribution < -0.4 is 0 Å². The highest BCUT2D eigenvalue weighted by atomic mass is 19.4. The minimum absolute atomic E-state index is 0.180. The van der Waals surface area contributed by atoms with Gasteiger partial charge in [0.25, 0.3) is 5.69 Å². The second kappa shape index (κ2) is 5.77. The fourth-order valence-electron chi connectivity index (χ4n) is 1.08. The lowest BCUT2D eigenvalue weighted by Gasteiger charge is -2.04. The Labute approximate surface area is 105 Å². The fraction of sp³-hybridized carbons (Fsp3) is 0.0909. The molecule has 0 aliphatic carbocycles. The van der Waals surface area contributed by atoms with Crippen molar-refractivity contribution in [3.63, 3.8) is 0 Å². The van der Waals surface area contributed by atoms with Crippen molar-refractivity contribution in [2.24, 2.45) is 4.99 Å². The van der Waals surface area contributed by atoms with Gasteiger partial charge in [0.1, 0.15) is 0 Å². The Morgan fingerprint density at radius 1 is 1.37 bits per heavy atom. The van der Waals surface area contributed by atoms with E-state index in [1.165, 1.54) is 18.2 Å². The number of allylic oxidation sites excluding steroid dienone is 2. The number of nitriles is 1. The van der Waals surface area contributed by atoms with Gasteiger partial charge in [-0.05, 0) is 17.7 Å². The van der Waals surface area contributed by atoms with Crippen LogP contribution >= 0.6 is 0 Å². The summed E-state index contributed by atoms with van der Waals surface area (Å²) in [5.41, 5.74) is -1.27. The van der Waals surface area contributed by atoms with Crippen LogP contribution in [-0.2, 0) is 0 Å². The van der Waals surface area contributed by atoms with Gasteiger partial charge in [-0.3, -0.25) is 15.1 Å². The molecule has 0 aliphatic rings. The molecule has 0 bridgehead atoms. The maximum atomic E-state index is 12.4. The lowest BCUT2D eigenvalue weighted by molar-refractivity contribution is -0.384. The van der Waals surface area contributed by atoms with Crippen LogP contribution in [-0.4, -0.2) is 17.3 Å². The third kappa shape index (κ3) is 4.23. The second-order valence-electron chi connectivity index (χ2n) is 3.26. The molecule has 0 spiro atoms. The van der Waals surface area contributed by atoms with Gasteiger partial charge < -0.3 is 0 Å². The zero-order chi connectivity index (χ0) is 14.5. The number of hydrogen-bond acceptors (Lipinski definition) is 4. The van der Waals surface area contributed by atoms with Crippen molar-refractivity contribution in [2.45, 2.75) is 6.18 Å². The first-order valence-corrected chi connectivity index (χ1v) is 4.80. The number of benzene rings is 1. The summed E-state index contributed by atoms with van der Waals surface area (Å²) < 4.78 is 37.1. The van der Waals surface area contributed by atoms with Crippen LogP contribution in [0.2, 0.25) is 0 Å². The van der Waals surface area contributed by atoms with Crippen molar-refractivity contribution in [1.29, 1.82) is 5.26 Å². The van der Waals surface area contributed by atoms with Crippen LogP contribution in [0, 0.1) is 21.4 Å². The Balaban J connectivity index is 2.95. The van der Waals surface area contributed by atoms with Crippen molar-refractivity contribution >= 4 is 11.9 Å². The van der Waals surface area contributed by atoms with E-state index in [1.54, 1.807) is 0 Å². The Morgan fingerprint density at radius 3 is 2.37 bits per heavy atom. The van der Waals surface area contributed by atoms with Crippen LogP contribution in [0.5, 0.6) is 0 Å². The molecule has 0 saturated heterocycles. The van der Waals surface area contributed by atoms with Crippen molar-refractivity contribution in [3.05, 3.63) is 51.7 Å². The van der Waals surface area contributed by atoms with E-state index in [1.807, 2.05) is 0 Å². The Hall–Kier alpha value is -2.69. The van der Waals surface area contributed by atoms with Crippen LogP contribution in [0.1, 0.15) is 5.56 Å². The Bertz CT molecular complexity index is 568. The van der Waals surface area contributed by atoms with E-state index in [0.29, 0.717) is 0 Å². The number of nitro benzene ring substituents is 1. The molecule has 5 nitrogen and oxygen atoms in total. The van der Waals surface area contributed by atoms with Gasteiger partial charge in [-0.2, -0.15) is 18.4 Å². The maximum absolute atomic E-state index is 12.4. The van der Waals surface area contributed by atoms with E-state index >= 15 is 0 Å². The molecule has 0 saturated carbocycles. The number of halogens is 3. The number of rotatable bonds is 3. The molecule has 1 aromatic carbocycles. The van der Waals surface area contributed by atoms with Crippen LogP contribution in [0.3, 0.4) is 0 Å². The molecule has 0 N–H and O–H groups in total. The summed E-state index contributed by atoms with van der Waals surface area (Å²) in [6.07, 6.45) is -3.57. The number of nitro groups is 1. The molecule has 0 atom stereocenters. The third-order valence-electron chi connectivity index (χ3n) is 1.95. The lowest BCUT2D eigenvalue weighted by Crippen LogP contribution is -2.10. The van der Waals surface area contributed by atoms with Gasteiger partial charge >= 0.3 is 6.18 Å². The first kappa shape index (κ1) is 14.4. The van der Waals surface area contributed by atoms with Crippen LogP contribution in [0.25, 0.3) is 0 Å². The number of hydrogen-bond donors (Lipinski definition) is 0. The van der Waals surface area contributed by atoms with Crippen molar-refractivity contribution in [1.82, 2.24) is 0 Å². The first-order valence-electron chi connectivity index (χ1n) is 4.80. The van der Waals surface area contributed by atoms with E-state index in [4.69, 9.17) is 5.26 Å². The average molecular weight is 269 g/mol. The molecule has 0 fully saturated rings. The van der Waals surface area contributed by atoms with Gasteiger partial charge in [0.15, 0.2) is 5.70 Å². The van der Waals surface area contributed by atoms with Crippen molar-refractivity contribution in [2.75, 3.05) is 0 Å². The van der Waals surface area contributed by atoms with Crippen molar-refractivity contribution in [3.8, 4) is 6.07 Å². The molecule has 0 aliphatic heterocycles. The third-order valence-corrected chi connectivity index (χ3v) is 1.95. The fourth-order valence-corrected chi connectivity index (χ4v) is 1.08. The highest BCUT2D eigenvalue weighted by Crippen LogP contribution is 2.26. The second-order valence-corrected chi connectivity index (χ2v) is 3.26. The molecule has 0 heterocycles. The molecule has 0 radical (unpaired) electrons. The van der Waals surface area contributed by atoms with E-state index in [2.05, 4.69) is 4.99 Å². The number of aliphatic imine (C=N–C) groups is 1. The summed E-state index contributed by atoms with van der Waals surface area (Å²) in [6.45, 7) is 0. The van der Waals surface area contributed by atoms with Gasteiger partial charge in [-0.15, -0.1) is 0 Å².